The van der Waals surface area contributed by atoms with Gasteiger partial charge in [-0.15, -0.1) is 0 Å². The first kappa shape index (κ1) is 14.7. The van der Waals surface area contributed by atoms with Gasteiger partial charge in [-0.1, -0.05) is 30.3 Å². The molecule has 0 amide bonds. The summed E-state index contributed by atoms with van der Waals surface area (Å²) in [5, 5.41) is 17.2. The molecule has 1 heterocycles. The van der Waals surface area contributed by atoms with Crippen LogP contribution in [0.25, 0.3) is 0 Å². The maximum absolute atomic E-state index is 11.2. The molecule has 2 rings (SSSR count). The van der Waals surface area contributed by atoms with Gasteiger partial charge in [-0.3, -0.25) is 10.1 Å². The Bertz CT molecular complexity index is 631. The lowest BCUT2D eigenvalue weighted by atomic mass is 10.2. The minimum Gasteiger partial charge on any atom is -0.360 e. The highest BCUT2D eigenvalue weighted by atomic mass is 16.6. The number of nitrogens with one attached hydrogen (secondary N) is 2. The highest BCUT2D eigenvalue weighted by molar-refractivity contribution is 5.60. The van der Waals surface area contributed by atoms with Gasteiger partial charge in [0.1, 0.15) is 5.69 Å². The Morgan fingerprint density at radius 3 is 2.52 bits per heavy atom. The fourth-order valence-electron chi connectivity index (χ4n) is 1.93. The number of benzene rings is 1. The summed E-state index contributed by atoms with van der Waals surface area (Å²) < 4.78 is 0. The predicted octanol–water partition coefficient (Wildman–Crippen LogP) is 2.74. The quantitative estimate of drug-likeness (QED) is 0.627. The number of nitrogens with zero attached hydrogens (tertiary/aromatic N) is 3. The van der Waals surface area contributed by atoms with Crippen molar-refractivity contribution in [2.75, 3.05) is 17.2 Å². The largest absolute Gasteiger partial charge is 0.360 e. The fourth-order valence-corrected chi connectivity index (χ4v) is 1.93. The van der Waals surface area contributed by atoms with Crippen molar-refractivity contribution in [2.24, 2.45) is 0 Å². The van der Waals surface area contributed by atoms with Crippen molar-refractivity contribution in [1.82, 2.24) is 9.97 Å². The van der Waals surface area contributed by atoms with Crippen molar-refractivity contribution >= 4 is 17.5 Å². The van der Waals surface area contributed by atoms with Crippen molar-refractivity contribution in [3.63, 3.8) is 0 Å². The van der Waals surface area contributed by atoms with Crippen LogP contribution in [0.3, 0.4) is 0 Å². The standard InChI is InChI=1S/C14H17N5O2/c1-3-15-14-17-10(2)12(19(20)21)13(18-14)16-9-11-7-5-4-6-8-11/h4-8H,3,9H2,1-2H3,(H2,15,16,17,18). The van der Waals surface area contributed by atoms with Crippen LogP contribution in [0.4, 0.5) is 17.5 Å². The van der Waals surface area contributed by atoms with Gasteiger partial charge >= 0.3 is 5.69 Å². The van der Waals surface area contributed by atoms with Gasteiger partial charge in [0, 0.05) is 13.1 Å². The molecule has 1 aromatic heterocycles. The van der Waals surface area contributed by atoms with Crippen LogP contribution in [0.1, 0.15) is 18.2 Å². The summed E-state index contributed by atoms with van der Waals surface area (Å²) in [5.74, 6) is 0.614. The molecule has 0 bridgehead atoms. The summed E-state index contributed by atoms with van der Waals surface area (Å²) in [7, 11) is 0. The van der Waals surface area contributed by atoms with E-state index in [-0.39, 0.29) is 11.5 Å². The lowest BCUT2D eigenvalue weighted by Gasteiger charge is -2.10. The number of rotatable bonds is 6. The molecule has 0 radical (unpaired) electrons. The Labute approximate surface area is 122 Å². The second-order valence-corrected chi connectivity index (χ2v) is 4.46. The minimum absolute atomic E-state index is 0.0902. The van der Waals surface area contributed by atoms with Gasteiger partial charge in [0.2, 0.25) is 11.8 Å². The van der Waals surface area contributed by atoms with Crippen LogP contribution in [0.5, 0.6) is 0 Å². The Kier molecular flexibility index (Phi) is 4.65. The molecule has 0 atom stereocenters. The van der Waals surface area contributed by atoms with Gasteiger partial charge in [-0.25, -0.2) is 4.98 Å². The van der Waals surface area contributed by atoms with Crippen LogP contribution in [-0.2, 0) is 6.54 Å². The third kappa shape index (κ3) is 3.65. The Balaban J connectivity index is 2.28. The fraction of sp³-hybridized carbons (Fsp3) is 0.286. The van der Waals surface area contributed by atoms with Crippen LogP contribution in [0.15, 0.2) is 30.3 Å². The molecule has 0 aliphatic rings. The summed E-state index contributed by atoms with van der Waals surface area (Å²) in [4.78, 5) is 19.0. The molecule has 21 heavy (non-hydrogen) atoms. The number of aromatic nitrogens is 2. The van der Waals surface area contributed by atoms with E-state index in [0.29, 0.717) is 24.7 Å². The van der Waals surface area contributed by atoms with E-state index in [9.17, 15) is 10.1 Å². The predicted molar refractivity (Wildman–Crippen MR) is 81.4 cm³/mol. The van der Waals surface area contributed by atoms with Crippen LogP contribution in [0.2, 0.25) is 0 Å². The minimum atomic E-state index is -0.460. The second kappa shape index (κ2) is 6.65. The summed E-state index contributed by atoms with van der Waals surface area (Å²) in [6.07, 6.45) is 0. The normalized spacial score (nSPS) is 10.2. The van der Waals surface area contributed by atoms with E-state index >= 15 is 0 Å². The van der Waals surface area contributed by atoms with Gasteiger partial charge < -0.3 is 10.6 Å². The highest BCUT2D eigenvalue weighted by Gasteiger charge is 2.21. The number of hydrogen-bond acceptors (Lipinski definition) is 6. The molecule has 110 valence electrons. The number of nitro groups is 1. The van der Waals surface area contributed by atoms with Gasteiger partial charge in [0.05, 0.1) is 4.92 Å². The molecule has 2 N–H and O–H groups in total. The maximum atomic E-state index is 11.2. The molecule has 7 nitrogen and oxygen atoms in total. The van der Waals surface area contributed by atoms with Crippen molar-refractivity contribution in [3.05, 3.63) is 51.7 Å². The zero-order chi connectivity index (χ0) is 15.2. The maximum Gasteiger partial charge on any atom is 0.332 e. The molecule has 7 heteroatoms. The lowest BCUT2D eigenvalue weighted by Crippen LogP contribution is -2.11. The molecule has 0 spiro atoms. The highest BCUT2D eigenvalue weighted by Crippen LogP contribution is 2.26. The van der Waals surface area contributed by atoms with Crippen LogP contribution in [0, 0.1) is 17.0 Å². The first-order valence-electron chi connectivity index (χ1n) is 6.66. The molecular weight excluding hydrogens is 270 g/mol. The van der Waals surface area contributed by atoms with Crippen molar-refractivity contribution < 1.29 is 4.92 Å². The molecule has 0 unspecified atom stereocenters. The van der Waals surface area contributed by atoms with Gasteiger partial charge in [0.25, 0.3) is 0 Å². The van der Waals surface area contributed by atoms with Crippen molar-refractivity contribution in [3.8, 4) is 0 Å². The second-order valence-electron chi connectivity index (χ2n) is 4.46. The van der Waals surface area contributed by atoms with Gasteiger partial charge in [-0.05, 0) is 19.4 Å². The Hall–Kier alpha value is -2.70. The first-order valence-corrected chi connectivity index (χ1v) is 6.66. The van der Waals surface area contributed by atoms with Crippen molar-refractivity contribution in [1.29, 1.82) is 0 Å². The molecule has 0 aliphatic carbocycles. The van der Waals surface area contributed by atoms with Crippen LogP contribution >= 0.6 is 0 Å². The van der Waals surface area contributed by atoms with Gasteiger partial charge in [0.15, 0.2) is 0 Å². The summed E-state index contributed by atoms with van der Waals surface area (Å²) in [5.41, 5.74) is 1.27. The topological polar surface area (TPSA) is 93.0 Å². The molecular formula is C14H17N5O2. The Morgan fingerprint density at radius 2 is 1.90 bits per heavy atom. The zero-order valence-electron chi connectivity index (χ0n) is 12.0. The van der Waals surface area contributed by atoms with Crippen LogP contribution < -0.4 is 10.6 Å². The van der Waals surface area contributed by atoms with E-state index in [1.54, 1.807) is 6.92 Å². The summed E-state index contributed by atoms with van der Waals surface area (Å²) in [6.45, 7) is 4.63. The number of hydrogen-bond donors (Lipinski definition) is 2. The van der Waals surface area contributed by atoms with E-state index in [4.69, 9.17) is 0 Å². The van der Waals surface area contributed by atoms with Crippen LogP contribution in [-0.4, -0.2) is 21.4 Å². The smallest absolute Gasteiger partial charge is 0.332 e. The zero-order valence-corrected chi connectivity index (χ0v) is 12.0. The van der Waals surface area contributed by atoms with E-state index in [2.05, 4.69) is 20.6 Å². The summed E-state index contributed by atoms with van der Waals surface area (Å²) >= 11 is 0. The molecule has 0 fully saturated rings. The van der Waals surface area contributed by atoms with E-state index in [0.717, 1.165) is 5.56 Å². The summed E-state index contributed by atoms with van der Waals surface area (Å²) in [6, 6.07) is 9.64. The molecule has 2 aromatic rings. The average Bonchev–Trinajstić information content (AvgIpc) is 2.45. The van der Waals surface area contributed by atoms with Crippen molar-refractivity contribution in [2.45, 2.75) is 20.4 Å². The lowest BCUT2D eigenvalue weighted by molar-refractivity contribution is -0.385. The number of aryl methyl sites for hydroxylation is 1. The first-order chi connectivity index (χ1) is 10.1. The van der Waals surface area contributed by atoms with E-state index in [1.807, 2.05) is 37.3 Å². The molecule has 0 saturated heterocycles. The SMILES string of the molecule is CCNc1nc(C)c([N+](=O)[O-])c(NCc2ccccc2)n1. The van der Waals surface area contributed by atoms with E-state index in [1.165, 1.54) is 0 Å². The monoisotopic (exact) mass is 287 g/mol. The molecule has 1 aromatic carbocycles. The third-order valence-electron chi connectivity index (χ3n) is 2.88. The molecule has 0 saturated carbocycles. The number of anilines is 2. The van der Waals surface area contributed by atoms with E-state index < -0.39 is 4.92 Å². The average molecular weight is 287 g/mol. The Morgan fingerprint density at radius 1 is 1.19 bits per heavy atom. The third-order valence-corrected chi connectivity index (χ3v) is 2.88. The van der Waals surface area contributed by atoms with Gasteiger partial charge in [-0.2, -0.15) is 4.98 Å². The molecule has 0 aliphatic heterocycles.